The fourth-order valence-corrected chi connectivity index (χ4v) is 3.03. The fraction of sp³-hybridized carbons (Fsp3) is 0.222. The molecule has 1 aliphatic rings. The lowest BCUT2D eigenvalue weighted by atomic mass is 10.1. The van der Waals surface area contributed by atoms with E-state index in [2.05, 4.69) is 15.1 Å². The summed E-state index contributed by atoms with van der Waals surface area (Å²) in [7, 11) is 0. The van der Waals surface area contributed by atoms with Gasteiger partial charge in [0, 0.05) is 36.6 Å². The third-order valence-corrected chi connectivity index (χ3v) is 4.44. The number of carbonyl (C=O) groups is 1. The highest BCUT2D eigenvalue weighted by molar-refractivity contribution is 6.30. The van der Waals surface area contributed by atoms with Crippen molar-refractivity contribution >= 4 is 17.5 Å². The summed E-state index contributed by atoms with van der Waals surface area (Å²) >= 11 is 5.90. The van der Waals surface area contributed by atoms with Gasteiger partial charge in [-0.05, 0) is 29.8 Å². The zero-order chi connectivity index (χ0) is 17.2. The van der Waals surface area contributed by atoms with Crippen LogP contribution in [0, 0.1) is 0 Å². The second-order valence-corrected chi connectivity index (χ2v) is 6.41. The lowest BCUT2D eigenvalue weighted by Crippen LogP contribution is -2.24. The summed E-state index contributed by atoms with van der Waals surface area (Å²) in [6.45, 7) is 1.13. The molecule has 2 aromatic heterocycles. The van der Waals surface area contributed by atoms with Gasteiger partial charge in [-0.25, -0.2) is 0 Å². The Bertz CT molecular complexity index is 880. The number of rotatable bonds is 4. The van der Waals surface area contributed by atoms with Gasteiger partial charge in [0.25, 0.3) is 5.89 Å². The summed E-state index contributed by atoms with van der Waals surface area (Å²) in [5, 5.41) is 4.72. The van der Waals surface area contributed by atoms with Crippen LogP contribution in [0.25, 0.3) is 11.6 Å². The molecule has 1 atom stereocenters. The zero-order valence-electron chi connectivity index (χ0n) is 13.3. The molecule has 0 aliphatic carbocycles. The summed E-state index contributed by atoms with van der Waals surface area (Å²) in [5.74, 6) is 0.942. The Hall–Kier alpha value is -2.73. The maximum absolute atomic E-state index is 12.3. The highest BCUT2D eigenvalue weighted by Crippen LogP contribution is 2.29. The van der Waals surface area contributed by atoms with Crippen molar-refractivity contribution in [3.8, 4) is 11.6 Å². The third-order valence-electron chi connectivity index (χ3n) is 4.19. The van der Waals surface area contributed by atoms with Gasteiger partial charge >= 0.3 is 0 Å². The molecule has 0 saturated carbocycles. The lowest BCUT2D eigenvalue weighted by molar-refractivity contribution is -0.128. The number of aromatic nitrogens is 3. The number of hydrogen-bond acceptors (Lipinski definition) is 5. The first-order valence-corrected chi connectivity index (χ1v) is 8.34. The second-order valence-electron chi connectivity index (χ2n) is 5.97. The Morgan fingerprint density at radius 2 is 2.04 bits per heavy atom. The minimum Gasteiger partial charge on any atom is -0.338 e. The summed E-state index contributed by atoms with van der Waals surface area (Å²) in [6, 6.07) is 13.0. The molecule has 1 fully saturated rings. The highest BCUT2D eigenvalue weighted by atomic mass is 35.5. The van der Waals surface area contributed by atoms with E-state index in [-0.39, 0.29) is 11.8 Å². The molecule has 0 spiro atoms. The van der Waals surface area contributed by atoms with E-state index >= 15 is 0 Å². The largest absolute Gasteiger partial charge is 0.338 e. The predicted octanol–water partition coefficient (Wildman–Crippen LogP) is 3.30. The van der Waals surface area contributed by atoms with Crippen molar-refractivity contribution in [1.29, 1.82) is 0 Å². The van der Waals surface area contributed by atoms with Gasteiger partial charge in [0.15, 0.2) is 5.82 Å². The van der Waals surface area contributed by atoms with Crippen molar-refractivity contribution < 1.29 is 9.32 Å². The molecule has 6 nitrogen and oxygen atoms in total. The molecule has 0 radical (unpaired) electrons. The monoisotopic (exact) mass is 354 g/mol. The SMILES string of the molecule is O=C1CC(c2noc(-c3ccccn3)n2)CN1Cc1ccc(Cl)cc1. The first-order valence-electron chi connectivity index (χ1n) is 7.96. The average molecular weight is 355 g/mol. The van der Waals surface area contributed by atoms with Crippen molar-refractivity contribution in [2.45, 2.75) is 18.9 Å². The molecule has 7 heteroatoms. The van der Waals surface area contributed by atoms with Gasteiger partial charge in [-0.15, -0.1) is 0 Å². The van der Waals surface area contributed by atoms with Gasteiger partial charge in [0.1, 0.15) is 5.69 Å². The summed E-state index contributed by atoms with van der Waals surface area (Å²) in [6.07, 6.45) is 2.06. The van der Waals surface area contributed by atoms with Crippen LogP contribution in [0.1, 0.15) is 23.7 Å². The first-order chi connectivity index (χ1) is 12.2. The van der Waals surface area contributed by atoms with E-state index < -0.39 is 0 Å². The molecule has 3 heterocycles. The Kier molecular flexibility index (Phi) is 4.19. The van der Waals surface area contributed by atoms with Crippen molar-refractivity contribution in [2.24, 2.45) is 0 Å². The second kappa shape index (κ2) is 6.64. The number of benzene rings is 1. The standard InChI is InChI=1S/C18H15ClN4O2/c19-14-6-4-12(5-7-14)10-23-11-13(9-16(23)24)17-21-18(25-22-17)15-3-1-2-8-20-15/h1-8,13H,9-11H2. The molecule has 1 saturated heterocycles. The van der Waals surface area contributed by atoms with Gasteiger partial charge in [0.05, 0.1) is 0 Å². The number of halogens is 1. The zero-order valence-corrected chi connectivity index (χ0v) is 14.1. The summed E-state index contributed by atoms with van der Waals surface area (Å²) in [5.41, 5.74) is 1.67. The predicted molar refractivity (Wildman–Crippen MR) is 91.8 cm³/mol. The van der Waals surface area contributed by atoms with Crippen LogP contribution in [-0.4, -0.2) is 32.5 Å². The van der Waals surface area contributed by atoms with Gasteiger partial charge in [-0.3, -0.25) is 9.78 Å². The van der Waals surface area contributed by atoms with E-state index in [4.69, 9.17) is 16.1 Å². The third kappa shape index (κ3) is 3.39. The molecule has 1 aliphatic heterocycles. The van der Waals surface area contributed by atoms with E-state index in [9.17, 15) is 4.79 Å². The molecule has 3 aromatic rings. The smallest absolute Gasteiger partial charge is 0.276 e. The number of amides is 1. The number of likely N-dealkylation sites (tertiary alicyclic amines) is 1. The molecule has 1 amide bonds. The number of pyridine rings is 1. The van der Waals surface area contributed by atoms with E-state index in [1.54, 1.807) is 6.20 Å². The molecular weight excluding hydrogens is 340 g/mol. The maximum Gasteiger partial charge on any atom is 0.276 e. The van der Waals surface area contributed by atoms with Crippen LogP contribution in [0.15, 0.2) is 53.2 Å². The fourth-order valence-electron chi connectivity index (χ4n) is 2.90. The molecule has 25 heavy (non-hydrogen) atoms. The molecule has 126 valence electrons. The Morgan fingerprint density at radius 1 is 1.20 bits per heavy atom. The Labute approximate surface area is 149 Å². The lowest BCUT2D eigenvalue weighted by Gasteiger charge is -2.16. The first kappa shape index (κ1) is 15.8. The topological polar surface area (TPSA) is 72.1 Å². The highest BCUT2D eigenvalue weighted by Gasteiger charge is 2.33. The Morgan fingerprint density at radius 3 is 2.80 bits per heavy atom. The number of nitrogens with zero attached hydrogens (tertiary/aromatic N) is 4. The van der Waals surface area contributed by atoms with E-state index in [0.717, 1.165) is 5.56 Å². The van der Waals surface area contributed by atoms with E-state index in [1.165, 1.54) is 0 Å². The van der Waals surface area contributed by atoms with Crippen LogP contribution < -0.4 is 0 Å². The van der Waals surface area contributed by atoms with Gasteiger partial charge in [0.2, 0.25) is 5.91 Å². The van der Waals surface area contributed by atoms with Crippen molar-refractivity contribution in [3.05, 3.63) is 65.1 Å². The average Bonchev–Trinajstić information content (AvgIpc) is 3.25. The summed E-state index contributed by atoms with van der Waals surface area (Å²) in [4.78, 5) is 22.7. The van der Waals surface area contributed by atoms with Crippen molar-refractivity contribution in [1.82, 2.24) is 20.0 Å². The molecule has 0 N–H and O–H groups in total. The van der Waals surface area contributed by atoms with Crippen LogP contribution >= 0.6 is 11.6 Å². The number of carbonyl (C=O) groups excluding carboxylic acids is 1. The van der Waals surface area contributed by atoms with Crippen molar-refractivity contribution in [3.63, 3.8) is 0 Å². The Balaban J connectivity index is 1.47. The minimum absolute atomic E-state index is 0.0685. The van der Waals surface area contributed by atoms with Crippen LogP contribution in [0.2, 0.25) is 5.02 Å². The van der Waals surface area contributed by atoms with Crippen LogP contribution in [0.4, 0.5) is 0 Å². The van der Waals surface area contributed by atoms with Crippen LogP contribution in [-0.2, 0) is 11.3 Å². The van der Waals surface area contributed by atoms with Gasteiger partial charge < -0.3 is 9.42 Å². The number of hydrogen-bond donors (Lipinski definition) is 0. The molecule has 0 bridgehead atoms. The van der Waals surface area contributed by atoms with E-state index in [1.807, 2.05) is 47.4 Å². The van der Waals surface area contributed by atoms with Gasteiger partial charge in [-0.2, -0.15) is 4.98 Å². The molecule has 1 unspecified atom stereocenters. The maximum atomic E-state index is 12.3. The molecule has 4 rings (SSSR count). The quantitative estimate of drug-likeness (QED) is 0.718. The minimum atomic E-state index is -0.0685. The van der Waals surface area contributed by atoms with Crippen LogP contribution in [0.5, 0.6) is 0 Å². The molecule has 1 aromatic carbocycles. The summed E-state index contributed by atoms with van der Waals surface area (Å²) < 4.78 is 5.30. The van der Waals surface area contributed by atoms with Crippen LogP contribution in [0.3, 0.4) is 0 Å². The molecular formula is C18H15ClN4O2. The van der Waals surface area contributed by atoms with Crippen molar-refractivity contribution in [2.75, 3.05) is 6.54 Å². The van der Waals surface area contributed by atoms with Gasteiger partial charge in [-0.1, -0.05) is 35.0 Å². The normalized spacial score (nSPS) is 17.2. The van der Waals surface area contributed by atoms with E-state index in [0.29, 0.717) is 41.9 Å².